The number of phenols is 1. The van der Waals surface area contributed by atoms with E-state index in [4.69, 9.17) is 4.98 Å². The molecule has 1 aromatic heterocycles. The van der Waals surface area contributed by atoms with Gasteiger partial charge in [-0.3, -0.25) is 14.6 Å². The van der Waals surface area contributed by atoms with E-state index in [1.54, 1.807) is 30.4 Å². The van der Waals surface area contributed by atoms with Crippen molar-refractivity contribution in [1.82, 2.24) is 9.88 Å². The van der Waals surface area contributed by atoms with Gasteiger partial charge in [0.15, 0.2) is 5.13 Å². The largest absolute Gasteiger partial charge is 0.508 e. The quantitative estimate of drug-likeness (QED) is 0.874. The van der Waals surface area contributed by atoms with Gasteiger partial charge < -0.3 is 10.0 Å². The summed E-state index contributed by atoms with van der Waals surface area (Å²) in [5, 5.41) is 12.3. The number of carbonyl (C=O) groups excluding carboxylic acids is 1. The standard InChI is InChI=1S/C19H24N4O2S/c1-14(24)23(17-2-3-17)19-20-15(13-26-19)12-21-8-10-22(11-9-21)16-4-6-18(25)7-5-16/h4-7,13,17,25H,2-3,8-12H2,1H3. The SMILES string of the molecule is CC(=O)N(c1nc(CN2CCN(c3ccc(O)cc3)CC2)cs1)C1CC1. The number of hydrogen-bond donors (Lipinski definition) is 1. The molecule has 1 saturated heterocycles. The lowest BCUT2D eigenvalue weighted by Crippen LogP contribution is -2.46. The minimum Gasteiger partial charge on any atom is -0.508 e. The number of amides is 1. The van der Waals surface area contributed by atoms with Gasteiger partial charge in [-0.2, -0.15) is 0 Å². The Kier molecular flexibility index (Phi) is 4.82. The van der Waals surface area contributed by atoms with Crippen molar-refractivity contribution in [2.75, 3.05) is 36.0 Å². The molecule has 1 saturated carbocycles. The number of aromatic hydroxyl groups is 1. The van der Waals surface area contributed by atoms with E-state index in [0.29, 0.717) is 11.8 Å². The third kappa shape index (κ3) is 3.83. The summed E-state index contributed by atoms with van der Waals surface area (Å²) in [7, 11) is 0. The zero-order chi connectivity index (χ0) is 18.1. The summed E-state index contributed by atoms with van der Waals surface area (Å²) in [4.78, 5) is 23.2. The van der Waals surface area contributed by atoms with Crippen LogP contribution in [-0.4, -0.2) is 53.1 Å². The Morgan fingerprint density at radius 2 is 1.92 bits per heavy atom. The molecule has 2 fully saturated rings. The van der Waals surface area contributed by atoms with E-state index in [-0.39, 0.29) is 5.91 Å². The van der Waals surface area contributed by atoms with Crippen LogP contribution in [0.4, 0.5) is 10.8 Å². The maximum absolute atomic E-state index is 11.9. The molecule has 1 aliphatic carbocycles. The molecule has 26 heavy (non-hydrogen) atoms. The molecule has 0 radical (unpaired) electrons. The third-order valence-corrected chi connectivity index (χ3v) is 5.86. The van der Waals surface area contributed by atoms with Crippen molar-refractivity contribution >= 4 is 28.1 Å². The summed E-state index contributed by atoms with van der Waals surface area (Å²) < 4.78 is 0. The number of hydrogen-bond acceptors (Lipinski definition) is 6. The number of piperazine rings is 1. The van der Waals surface area contributed by atoms with Crippen LogP contribution in [0, 0.1) is 0 Å². The molecule has 0 unspecified atom stereocenters. The summed E-state index contributed by atoms with van der Waals surface area (Å²) in [5.74, 6) is 0.397. The van der Waals surface area contributed by atoms with Crippen LogP contribution in [0.3, 0.4) is 0 Å². The average molecular weight is 372 g/mol. The summed E-state index contributed by atoms with van der Waals surface area (Å²) in [6.07, 6.45) is 2.18. The number of nitrogens with zero attached hydrogens (tertiary/aromatic N) is 4. The van der Waals surface area contributed by atoms with Gasteiger partial charge in [-0.15, -0.1) is 11.3 Å². The Hall–Kier alpha value is -2.12. The molecule has 138 valence electrons. The molecule has 0 spiro atoms. The first-order chi connectivity index (χ1) is 12.6. The van der Waals surface area contributed by atoms with Crippen molar-refractivity contribution in [3.8, 4) is 5.75 Å². The van der Waals surface area contributed by atoms with Gasteiger partial charge in [0.25, 0.3) is 0 Å². The van der Waals surface area contributed by atoms with Crippen LogP contribution in [-0.2, 0) is 11.3 Å². The minimum atomic E-state index is 0.0934. The first-order valence-corrected chi connectivity index (χ1v) is 9.98. The average Bonchev–Trinajstić information content (AvgIpc) is 3.35. The number of anilines is 2. The maximum atomic E-state index is 11.9. The number of benzene rings is 1. The molecule has 1 aromatic carbocycles. The van der Waals surface area contributed by atoms with Crippen LogP contribution in [0.5, 0.6) is 5.75 Å². The molecular weight excluding hydrogens is 348 g/mol. The Morgan fingerprint density at radius 3 is 2.54 bits per heavy atom. The van der Waals surface area contributed by atoms with E-state index >= 15 is 0 Å². The lowest BCUT2D eigenvalue weighted by Gasteiger charge is -2.35. The first-order valence-electron chi connectivity index (χ1n) is 9.11. The molecule has 2 aromatic rings. The fourth-order valence-corrected chi connectivity index (χ4v) is 4.35. The molecule has 2 aliphatic rings. The number of thiazole rings is 1. The van der Waals surface area contributed by atoms with E-state index in [9.17, 15) is 9.90 Å². The van der Waals surface area contributed by atoms with Crippen LogP contribution >= 0.6 is 11.3 Å². The highest BCUT2D eigenvalue weighted by Crippen LogP contribution is 2.33. The van der Waals surface area contributed by atoms with Gasteiger partial charge in [-0.05, 0) is 37.1 Å². The van der Waals surface area contributed by atoms with Crippen molar-refractivity contribution in [2.45, 2.75) is 32.4 Å². The van der Waals surface area contributed by atoms with E-state index in [2.05, 4.69) is 15.2 Å². The molecule has 1 aliphatic heterocycles. The minimum absolute atomic E-state index is 0.0934. The molecule has 0 bridgehead atoms. The second-order valence-electron chi connectivity index (χ2n) is 7.02. The number of phenolic OH excluding ortho intramolecular Hbond substituents is 1. The summed E-state index contributed by atoms with van der Waals surface area (Å²) >= 11 is 1.57. The highest BCUT2D eigenvalue weighted by molar-refractivity contribution is 7.14. The van der Waals surface area contributed by atoms with Crippen LogP contribution in [0.25, 0.3) is 0 Å². The van der Waals surface area contributed by atoms with Gasteiger partial charge in [0.2, 0.25) is 5.91 Å². The second kappa shape index (κ2) is 7.25. The van der Waals surface area contributed by atoms with Crippen molar-refractivity contribution < 1.29 is 9.90 Å². The van der Waals surface area contributed by atoms with Gasteiger partial charge in [-0.1, -0.05) is 0 Å². The maximum Gasteiger partial charge on any atom is 0.225 e. The monoisotopic (exact) mass is 372 g/mol. The van der Waals surface area contributed by atoms with Crippen LogP contribution in [0.1, 0.15) is 25.5 Å². The Balaban J connectivity index is 1.33. The molecule has 1 N–H and O–H groups in total. The van der Waals surface area contributed by atoms with E-state index in [1.807, 2.05) is 17.0 Å². The second-order valence-corrected chi connectivity index (χ2v) is 7.86. The van der Waals surface area contributed by atoms with E-state index in [1.165, 1.54) is 0 Å². The summed E-state index contributed by atoms with van der Waals surface area (Å²) in [6.45, 7) is 6.34. The van der Waals surface area contributed by atoms with Crippen molar-refractivity contribution in [3.63, 3.8) is 0 Å². The molecule has 7 heteroatoms. The molecule has 4 rings (SSSR count). The predicted octanol–water partition coefficient (Wildman–Crippen LogP) is 2.69. The lowest BCUT2D eigenvalue weighted by atomic mass is 10.2. The Labute approximate surface area is 157 Å². The Morgan fingerprint density at radius 1 is 1.23 bits per heavy atom. The highest BCUT2D eigenvalue weighted by Gasteiger charge is 2.33. The van der Waals surface area contributed by atoms with Gasteiger partial charge in [0.05, 0.1) is 5.69 Å². The van der Waals surface area contributed by atoms with Gasteiger partial charge in [-0.25, -0.2) is 4.98 Å². The van der Waals surface area contributed by atoms with Gasteiger partial charge >= 0.3 is 0 Å². The fourth-order valence-electron chi connectivity index (χ4n) is 3.42. The third-order valence-electron chi connectivity index (χ3n) is 4.97. The first kappa shape index (κ1) is 17.3. The Bertz CT molecular complexity index is 764. The predicted molar refractivity (Wildman–Crippen MR) is 104 cm³/mol. The molecule has 6 nitrogen and oxygen atoms in total. The lowest BCUT2D eigenvalue weighted by molar-refractivity contribution is -0.116. The fraction of sp³-hybridized carbons (Fsp3) is 0.474. The van der Waals surface area contributed by atoms with Crippen molar-refractivity contribution in [3.05, 3.63) is 35.3 Å². The van der Waals surface area contributed by atoms with E-state index in [0.717, 1.165) is 62.1 Å². The van der Waals surface area contributed by atoms with Crippen LogP contribution in [0.15, 0.2) is 29.6 Å². The topological polar surface area (TPSA) is 59.9 Å². The zero-order valence-electron chi connectivity index (χ0n) is 15.0. The molecule has 1 amide bonds. The van der Waals surface area contributed by atoms with Crippen LogP contribution < -0.4 is 9.80 Å². The molecular formula is C19H24N4O2S. The number of aromatic nitrogens is 1. The van der Waals surface area contributed by atoms with Crippen molar-refractivity contribution in [1.29, 1.82) is 0 Å². The highest BCUT2D eigenvalue weighted by atomic mass is 32.1. The van der Waals surface area contributed by atoms with Gasteiger partial charge in [0, 0.05) is 56.8 Å². The molecule has 2 heterocycles. The molecule has 0 atom stereocenters. The van der Waals surface area contributed by atoms with Gasteiger partial charge in [0.1, 0.15) is 5.75 Å². The number of carbonyl (C=O) groups is 1. The zero-order valence-corrected chi connectivity index (χ0v) is 15.8. The van der Waals surface area contributed by atoms with Crippen molar-refractivity contribution in [2.24, 2.45) is 0 Å². The smallest absolute Gasteiger partial charge is 0.225 e. The normalized spacial score (nSPS) is 18.1. The summed E-state index contributed by atoms with van der Waals surface area (Å²) in [6, 6.07) is 7.76. The number of rotatable bonds is 5. The summed E-state index contributed by atoms with van der Waals surface area (Å²) in [5.41, 5.74) is 2.20. The van der Waals surface area contributed by atoms with Crippen LogP contribution in [0.2, 0.25) is 0 Å². The van der Waals surface area contributed by atoms with E-state index < -0.39 is 0 Å².